The van der Waals surface area contributed by atoms with Gasteiger partial charge < -0.3 is 24.6 Å². The number of allylic oxidation sites excluding steroid dienone is 12. The van der Waals surface area contributed by atoms with Crippen molar-refractivity contribution < 1.29 is 47.8 Å². The molecule has 11 heteroatoms. The molecule has 0 radical (unpaired) electrons. The van der Waals surface area contributed by atoms with Crippen molar-refractivity contribution in [3.05, 3.63) is 72.9 Å². The quantitative estimate of drug-likeness (QED) is 0.0259. The van der Waals surface area contributed by atoms with E-state index in [9.17, 15) is 29.3 Å². The van der Waals surface area contributed by atoms with E-state index in [1.54, 1.807) is 0 Å². The number of rotatable bonds is 33. The van der Waals surface area contributed by atoms with Gasteiger partial charge in [-0.3, -0.25) is 18.6 Å². The van der Waals surface area contributed by atoms with Gasteiger partial charge in [-0.2, -0.15) is 0 Å². The fourth-order valence-electron chi connectivity index (χ4n) is 4.37. The monoisotopic (exact) mass is 724 g/mol. The first kappa shape index (κ1) is 47.4. The van der Waals surface area contributed by atoms with Gasteiger partial charge in [0.25, 0.3) is 0 Å². The Hall–Kier alpha value is -2.59. The molecule has 0 saturated heterocycles. The van der Waals surface area contributed by atoms with Crippen molar-refractivity contribution in [2.45, 2.75) is 135 Å². The van der Waals surface area contributed by atoms with Crippen LogP contribution in [0.15, 0.2) is 72.9 Å². The zero-order valence-electron chi connectivity index (χ0n) is 30.6. The zero-order valence-corrected chi connectivity index (χ0v) is 31.5. The minimum atomic E-state index is -4.65. The highest BCUT2D eigenvalue weighted by Crippen LogP contribution is 2.43. The molecule has 286 valence electrons. The molecule has 0 bridgehead atoms. The number of carbonyl (C=O) groups is 2. The molecule has 10 nitrogen and oxygen atoms in total. The molecule has 50 heavy (non-hydrogen) atoms. The standard InChI is InChI=1S/C39H65O10P/c1-3-5-7-9-11-13-14-15-16-17-18-19-20-21-22-23-25-27-29-31-39(43)49-37(33-41)35-47-50(44,45)46-34-36(32-40)48-38(42)30-28-26-24-12-10-8-6-4-2/h5,7,11,13,15-16,18-19,21-22,25,27,36-37,40-41H,3-4,6,8-10,12,14,17,20,23-24,26,28-35H2,1-2H3,(H,44,45)/b7-5-,13-11-,16-15-,19-18-,22-21-,27-25-. The summed E-state index contributed by atoms with van der Waals surface area (Å²) in [5.41, 5.74) is 0. The lowest BCUT2D eigenvalue weighted by atomic mass is 10.1. The minimum absolute atomic E-state index is 0.0639. The molecule has 0 amide bonds. The maximum absolute atomic E-state index is 12.3. The van der Waals surface area contributed by atoms with Crippen molar-refractivity contribution in [2.24, 2.45) is 0 Å². The molecule has 3 N–H and O–H groups in total. The molecule has 3 atom stereocenters. The fraction of sp³-hybridized carbons (Fsp3) is 0.641. The van der Waals surface area contributed by atoms with Crippen molar-refractivity contribution in [1.29, 1.82) is 0 Å². The zero-order chi connectivity index (χ0) is 37.0. The highest BCUT2D eigenvalue weighted by Gasteiger charge is 2.27. The number of ether oxygens (including phenoxy) is 2. The van der Waals surface area contributed by atoms with Crippen LogP contribution in [-0.2, 0) is 32.7 Å². The van der Waals surface area contributed by atoms with Crippen molar-refractivity contribution >= 4 is 19.8 Å². The Morgan fingerprint density at radius 2 is 0.940 bits per heavy atom. The van der Waals surface area contributed by atoms with E-state index in [0.717, 1.165) is 57.8 Å². The maximum Gasteiger partial charge on any atom is 0.472 e. The molecule has 0 aliphatic rings. The lowest BCUT2D eigenvalue weighted by molar-refractivity contribution is -0.153. The normalized spacial score (nSPS) is 14.9. The van der Waals surface area contributed by atoms with Crippen LogP contribution in [-0.4, -0.2) is 65.7 Å². The highest BCUT2D eigenvalue weighted by atomic mass is 31.2. The number of aliphatic hydroxyl groups is 2. The summed E-state index contributed by atoms with van der Waals surface area (Å²) in [7, 11) is -4.65. The topological polar surface area (TPSA) is 149 Å². The Morgan fingerprint density at radius 1 is 0.560 bits per heavy atom. The first-order valence-corrected chi connectivity index (χ1v) is 19.9. The Morgan fingerprint density at radius 3 is 1.36 bits per heavy atom. The van der Waals surface area contributed by atoms with Crippen LogP contribution in [0.25, 0.3) is 0 Å². The van der Waals surface area contributed by atoms with E-state index in [4.69, 9.17) is 18.5 Å². The second-order valence-electron chi connectivity index (χ2n) is 11.8. The number of aliphatic hydroxyl groups excluding tert-OH is 2. The second-order valence-corrected chi connectivity index (χ2v) is 13.3. The van der Waals surface area contributed by atoms with Crippen molar-refractivity contribution in [1.82, 2.24) is 0 Å². The first-order valence-electron chi connectivity index (χ1n) is 18.4. The van der Waals surface area contributed by atoms with E-state index in [0.29, 0.717) is 12.8 Å². The predicted octanol–water partition coefficient (Wildman–Crippen LogP) is 8.94. The molecule has 0 heterocycles. The van der Waals surface area contributed by atoms with Crippen molar-refractivity contribution in [2.75, 3.05) is 26.4 Å². The third-order valence-corrected chi connectivity index (χ3v) is 8.15. The third kappa shape index (κ3) is 32.6. The SMILES string of the molecule is CC/C=C\C/C=C\C/C=C\C/C=C\C/C=C\C/C=C\CCC(=O)OC(CO)COP(=O)(O)OCC(CO)OC(=O)CCCCCCCCCC. The van der Waals surface area contributed by atoms with E-state index < -0.39 is 58.4 Å². The van der Waals surface area contributed by atoms with Gasteiger partial charge in [0.15, 0.2) is 0 Å². The lowest BCUT2D eigenvalue weighted by Crippen LogP contribution is -2.28. The summed E-state index contributed by atoms with van der Waals surface area (Å²) < 4.78 is 32.2. The first-order chi connectivity index (χ1) is 24.3. The molecule has 0 aromatic carbocycles. The van der Waals surface area contributed by atoms with Gasteiger partial charge in [-0.15, -0.1) is 0 Å². The van der Waals surface area contributed by atoms with Crippen LogP contribution < -0.4 is 0 Å². The Kier molecular flexibility index (Phi) is 33.0. The largest absolute Gasteiger partial charge is 0.472 e. The number of hydrogen-bond acceptors (Lipinski definition) is 9. The molecular formula is C39H65O10P. The van der Waals surface area contributed by atoms with E-state index >= 15 is 0 Å². The summed E-state index contributed by atoms with van der Waals surface area (Å²) in [4.78, 5) is 34.2. The van der Waals surface area contributed by atoms with Crippen LogP contribution in [0, 0.1) is 0 Å². The van der Waals surface area contributed by atoms with Crippen LogP contribution in [0.2, 0.25) is 0 Å². The predicted molar refractivity (Wildman–Crippen MR) is 200 cm³/mol. The Labute approximate surface area is 301 Å². The molecule has 3 unspecified atom stereocenters. The van der Waals surface area contributed by atoms with E-state index in [1.807, 2.05) is 18.2 Å². The molecule has 0 spiro atoms. The Bertz CT molecular complexity index is 1060. The van der Waals surface area contributed by atoms with Crippen LogP contribution >= 0.6 is 7.82 Å². The van der Waals surface area contributed by atoms with E-state index in [2.05, 4.69) is 68.5 Å². The summed E-state index contributed by atoms with van der Waals surface area (Å²) in [6.45, 7) is 1.93. The lowest BCUT2D eigenvalue weighted by Gasteiger charge is -2.20. The van der Waals surface area contributed by atoms with Gasteiger partial charge in [0.05, 0.1) is 26.4 Å². The van der Waals surface area contributed by atoms with Crippen molar-refractivity contribution in [3.63, 3.8) is 0 Å². The van der Waals surface area contributed by atoms with Gasteiger partial charge in [-0.05, 0) is 51.4 Å². The van der Waals surface area contributed by atoms with Crippen LogP contribution in [0.5, 0.6) is 0 Å². The molecule has 0 rings (SSSR count). The summed E-state index contributed by atoms with van der Waals surface area (Å²) in [5.74, 6) is -1.12. The summed E-state index contributed by atoms with van der Waals surface area (Å²) in [6, 6.07) is 0. The smallest absolute Gasteiger partial charge is 0.457 e. The number of unbranched alkanes of at least 4 members (excludes halogenated alkanes) is 7. The van der Waals surface area contributed by atoms with E-state index in [1.165, 1.54) is 25.7 Å². The third-order valence-electron chi connectivity index (χ3n) is 7.20. The van der Waals surface area contributed by atoms with Crippen LogP contribution in [0.3, 0.4) is 0 Å². The number of phosphoric ester groups is 1. The summed E-state index contributed by atoms with van der Waals surface area (Å²) in [5, 5.41) is 19.0. The minimum Gasteiger partial charge on any atom is -0.457 e. The van der Waals surface area contributed by atoms with Gasteiger partial charge in [0, 0.05) is 12.8 Å². The molecule has 0 aliphatic carbocycles. The number of esters is 2. The summed E-state index contributed by atoms with van der Waals surface area (Å²) in [6.07, 6.45) is 37.7. The molecule has 0 aromatic heterocycles. The van der Waals surface area contributed by atoms with Gasteiger partial charge >= 0.3 is 19.8 Å². The van der Waals surface area contributed by atoms with Gasteiger partial charge in [0.1, 0.15) is 12.2 Å². The van der Waals surface area contributed by atoms with E-state index in [-0.39, 0.29) is 12.8 Å². The molecule has 0 fully saturated rings. The number of carbonyl (C=O) groups excluding carboxylic acids is 2. The summed E-state index contributed by atoms with van der Waals surface area (Å²) >= 11 is 0. The van der Waals surface area contributed by atoms with Crippen molar-refractivity contribution in [3.8, 4) is 0 Å². The van der Waals surface area contributed by atoms with Gasteiger partial charge in [0.2, 0.25) is 0 Å². The average molecular weight is 725 g/mol. The average Bonchev–Trinajstić information content (AvgIpc) is 3.10. The van der Waals surface area contributed by atoms with Gasteiger partial charge in [-0.25, -0.2) is 4.57 Å². The van der Waals surface area contributed by atoms with Crippen LogP contribution in [0.4, 0.5) is 0 Å². The maximum atomic E-state index is 12.3. The number of hydrogen-bond donors (Lipinski definition) is 3. The van der Waals surface area contributed by atoms with Crippen LogP contribution in [0.1, 0.15) is 123 Å². The Balaban J connectivity index is 4.12. The second kappa shape index (κ2) is 34.8. The number of phosphoric acid groups is 1. The molecule has 0 aromatic rings. The molecule has 0 aliphatic heterocycles. The fourth-order valence-corrected chi connectivity index (χ4v) is 5.16. The van der Waals surface area contributed by atoms with Gasteiger partial charge in [-0.1, -0.05) is 132 Å². The molecule has 0 saturated carbocycles. The molecular weight excluding hydrogens is 659 g/mol. The highest BCUT2D eigenvalue weighted by molar-refractivity contribution is 7.47.